The Morgan fingerprint density at radius 3 is 2.65 bits per heavy atom. The number of aryl methyl sites for hydroxylation is 2. The summed E-state index contributed by atoms with van der Waals surface area (Å²) in [7, 11) is -2.19. The van der Waals surface area contributed by atoms with Crippen LogP contribution in [0.3, 0.4) is 0 Å². The van der Waals surface area contributed by atoms with Crippen LogP contribution in [0.25, 0.3) is 21.7 Å². The molecule has 1 saturated heterocycles. The Labute approximate surface area is 201 Å². The van der Waals surface area contributed by atoms with Crippen molar-refractivity contribution in [2.45, 2.75) is 44.4 Å². The van der Waals surface area contributed by atoms with Gasteiger partial charge in [0.2, 0.25) is 15.9 Å². The molecule has 3 aromatic heterocycles. The molecule has 0 aliphatic carbocycles. The molecule has 3 aromatic rings. The van der Waals surface area contributed by atoms with Crippen molar-refractivity contribution >= 4 is 38.3 Å². The van der Waals surface area contributed by atoms with Crippen LogP contribution in [-0.4, -0.2) is 58.1 Å². The van der Waals surface area contributed by atoms with Crippen LogP contribution >= 0.6 is 11.3 Å². The topological polar surface area (TPSA) is 153 Å². The molecule has 4 rings (SSSR count). The highest BCUT2D eigenvalue weighted by Crippen LogP contribution is 2.42. The maximum absolute atomic E-state index is 13.5. The molecule has 13 heteroatoms. The van der Waals surface area contributed by atoms with Gasteiger partial charge in [-0.25, -0.2) is 13.4 Å². The van der Waals surface area contributed by atoms with E-state index in [1.165, 1.54) is 14.4 Å². The molecular formula is C21H28N6O5S2. The standard InChI is InChI=1S/C21H28N6O5S2/c1-4-6-13-15-16(26(3)25-13)21(29)24-20(23-15)18-17(32-5-2)14(11-33-18)34(30,31)27-9-7-12(8-10-27)19(22)28/h11-12H,4-10H2,1-3H3,(H2,22,28)(H,23,24,29). The molecule has 184 valence electrons. The Hall–Kier alpha value is -2.77. The summed E-state index contributed by atoms with van der Waals surface area (Å²) < 4.78 is 35.6. The van der Waals surface area contributed by atoms with E-state index in [2.05, 4.69) is 15.1 Å². The lowest BCUT2D eigenvalue weighted by Gasteiger charge is -2.29. The molecule has 34 heavy (non-hydrogen) atoms. The molecule has 3 N–H and O–H groups in total. The summed E-state index contributed by atoms with van der Waals surface area (Å²) in [6.07, 6.45) is 2.26. The average Bonchev–Trinajstić information content (AvgIpc) is 3.36. The molecule has 1 fully saturated rings. The number of sulfonamides is 1. The number of aromatic nitrogens is 4. The van der Waals surface area contributed by atoms with Gasteiger partial charge < -0.3 is 15.5 Å². The van der Waals surface area contributed by atoms with E-state index < -0.39 is 15.9 Å². The number of carbonyl (C=O) groups is 1. The molecule has 0 unspecified atom stereocenters. The van der Waals surface area contributed by atoms with Gasteiger partial charge in [0.15, 0.2) is 17.1 Å². The monoisotopic (exact) mass is 508 g/mol. The molecule has 0 atom stereocenters. The molecule has 0 saturated carbocycles. The van der Waals surface area contributed by atoms with E-state index in [0.717, 1.165) is 17.8 Å². The molecule has 1 aliphatic heterocycles. The highest BCUT2D eigenvalue weighted by atomic mass is 32.2. The van der Waals surface area contributed by atoms with E-state index in [0.29, 0.717) is 40.9 Å². The van der Waals surface area contributed by atoms with Crippen LogP contribution in [0.1, 0.15) is 38.8 Å². The fraction of sp³-hybridized carbons (Fsp3) is 0.524. The molecule has 1 aliphatic rings. The first-order valence-electron chi connectivity index (χ1n) is 11.2. The highest BCUT2D eigenvalue weighted by Gasteiger charge is 2.35. The van der Waals surface area contributed by atoms with Crippen LogP contribution in [0.4, 0.5) is 0 Å². The Bertz CT molecular complexity index is 1380. The molecule has 0 aromatic carbocycles. The number of H-pyrrole nitrogens is 1. The smallest absolute Gasteiger partial charge is 0.277 e. The number of hydrogen-bond acceptors (Lipinski definition) is 8. The minimum atomic E-state index is -3.89. The van der Waals surface area contributed by atoms with Crippen LogP contribution in [0, 0.1) is 5.92 Å². The van der Waals surface area contributed by atoms with Gasteiger partial charge in [-0.2, -0.15) is 9.40 Å². The summed E-state index contributed by atoms with van der Waals surface area (Å²) in [4.78, 5) is 32.2. The number of thiophene rings is 1. The van der Waals surface area contributed by atoms with Crippen LogP contribution in [-0.2, 0) is 28.3 Å². The third kappa shape index (κ3) is 4.23. The van der Waals surface area contributed by atoms with Gasteiger partial charge in [-0.3, -0.25) is 14.3 Å². The van der Waals surface area contributed by atoms with Crippen LogP contribution in [0.15, 0.2) is 15.1 Å². The minimum absolute atomic E-state index is 0.0228. The number of primary amides is 1. The van der Waals surface area contributed by atoms with Crippen molar-refractivity contribution in [3.05, 3.63) is 21.4 Å². The van der Waals surface area contributed by atoms with Crippen LogP contribution in [0.2, 0.25) is 0 Å². The normalized spacial score (nSPS) is 15.7. The lowest BCUT2D eigenvalue weighted by molar-refractivity contribution is -0.122. The number of hydrogen-bond donors (Lipinski definition) is 2. The van der Waals surface area contributed by atoms with Crippen molar-refractivity contribution in [1.29, 1.82) is 0 Å². The number of nitrogens with one attached hydrogen (secondary N) is 1. The van der Waals surface area contributed by atoms with Crippen molar-refractivity contribution in [3.8, 4) is 16.5 Å². The molecule has 0 bridgehead atoms. The number of ether oxygens (including phenoxy) is 1. The number of nitrogens with zero attached hydrogens (tertiary/aromatic N) is 4. The zero-order valence-electron chi connectivity index (χ0n) is 19.3. The van der Waals surface area contributed by atoms with E-state index in [4.69, 9.17) is 10.5 Å². The molecule has 0 spiro atoms. The van der Waals surface area contributed by atoms with E-state index in [9.17, 15) is 18.0 Å². The van der Waals surface area contributed by atoms with Crippen LogP contribution < -0.4 is 16.0 Å². The summed E-state index contributed by atoms with van der Waals surface area (Å²) >= 11 is 1.14. The van der Waals surface area contributed by atoms with Gasteiger partial charge in [0.25, 0.3) is 5.56 Å². The summed E-state index contributed by atoms with van der Waals surface area (Å²) in [5.41, 5.74) is 6.60. The lowest BCUT2D eigenvalue weighted by atomic mass is 9.98. The summed E-state index contributed by atoms with van der Waals surface area (Å²) in [6, 6.07) is 0. The number of carbonyl (C=O) groups excluding carboxylic acids is 1. The Balaban J connectivity index is 1.78. The van der Waals surface area contributed by atoms with Crippen molar-refractivity contribution < 1.29 is 17.9 Å². The third-order valence-corrected chi connectivity index (χ3v) is 8.96. The van der Waals surface area contributed by atoms with E-state index in [-0.39, 0.29) is 47.6 Å². The predicted octanol–water partition coefficient (Wildman–Crippen LogP) is 1.62. The quantitative estimate of drug-likeness (QED) is 0.469. The summed E-state index contributed by atoms with van der Waals surface area (Å²) in [5, 5.41) is 5.94. The predicted molar refractivity (Wildman–Crippen MR) is 128 cm³/mol. The van der Waals surface area contributed by atoms with Gasteiger partial charge in [-0.15, -0.1) is 11.3 Å². The van der Waals surface area contributed by atoms with Gasteiger partial charge in [0.05, 0.1) is 12.3 Å². The summed E-state index contributed by atoms with van der Waals surface area (Å²) in [5.74, 6) is -0.333. The van der Waals surface area contributed by atoms with E-state index >= 15 is 0 Å². The van der Waals surface area contributed by atoms with Gasteiger partial charge in [-0.05, 0) is 26.2 Å². The highest BCUT2D eigenvalue weighted by molar-refractivity contribution is 7.89. The number of aromatic amines is 1. The van der Waals surface area contributed by atoms with E-state index in [1.54, 1.807) is 14.0 Å². The Morgan fingerprint density at radius 2 is 2.03 bits per heavy atom. The fourth-order valence-electron chi connectivity index (χ4n) is 4.23. The first kappa shape index (κ1) is 24.4. The minimum Gasteiger partial charge on any atom is -0.491 e. The maximum Gasteiger partial charge on any atom is 0.277 e. The molecular weight excluding hydrogens is 480 g/mol. The van der Waals surface area contributed by atoms with Gasteiger partial charge in [-0.1, -0.05) is 13.3 Å². The van der Waals surface area contributed by atoms with Gasteiger partial charge in [0.1, 0.15) is 15.3 Å². The SMILES string of the molecule is CCCc1nn(C)c2c(=O)[nH]c(-c3scc(S(=O)(=O)N4CCC(C(N)=O)CC4)c3OCC)nc12. The Morgan fingerprint density at radius 1 is 1.32 bits per heavy atom. The van der Waals surface area contributed by atoms with Crippen molar-refractivity contribution in [3.63, 3.8) is 0 Å². The summed E-state index contributed by atoms with van der Waals surface area (Å²) in [6.45, 7) is 4.41. The van der Waals surface area contributed by atoms with Gasteiger partial charge >= 0.3 is 0 Å². The molecule has 11 nitrogen and oxygen atoms in total. The number of fused-ring (bicyclic) bond motifs is 1. The average molecular weight is 509 g/mol. The van der Waals surface area contributed by atoms with Crippen molar-refractivity contribution in [2.75, 3.05) is 19.7 Å². The fourth-order valence-corrected chi connectivity index (χ4v) is 7.11. The maximum atomic E-state index is 13.5. The molecule has 4 heterocycles. The second-order valence-electron chi connectivity index (χ2n) is 8.20. The van der Waals surface area contributed by atoms with Crippen molar-refractivity contribution in [2.24, 2.45) is 18.7 Å². The van der Waals surface area contributed by atoms with E-state index in [1.807, 2.05) is 6.92 Å². The molecule has 0 radical (unpaired) electrons. The molecule has 1 amide bonds. The third-order valence-electron chi connectivity index (χ3n) is 5.94. The second-order valence-corrected chi connectivity index (χ2v) is 11.0. The first-order valence-corrected chi connectivity index (χ1v) is 13.5. The Kier molecular flexibility index (Phi) is 6.78. The van der Waals surface area contributed by atoms with Gasteiger partial charge in [0, 0.05) is 31.4 Å². The number of nitrogens with two attached hydrogens (primary N) is 1. The zero-order chi connectivity index (χ0) is 24.6. The number of rotatable bonds is 8. The van der Waals surface area contributed by atoms with Crippen LogP contribution in [0.5, 0.6) is 5.75 Å². The number of amides is 1. The largest absolute Gasteiger partial charge is 0.491 e. The zero-order valence-corrected chi connectivity index (χ0v) is 21.0. The first-order chi connectivity index (χ1) is 16.2. The van der Waals surface area contributed by atoms with Crippen molar-refractivity contribution in [1.82, 2.24) is 24.1 Å². The second kappa shape index (κ2) is 9.47. The number of piperidine rings is 1. The lowest BCUT2D eigenvalue weighted by Crippen LogP contribution is -2.41.